The quantitative estimate of drug-likeness (QED) is 0.770. The van der Waals surface area contributed by atoms with Crippen LogP contribution in [0.3, 0.4) is 0 Å². The van der Waals surface area contributed by atoms with Crippen LogP contribution in [0.25, 0.3) is 0 Å². The molecule has 5 nitrogen and oxygen atoms in total. The Morgan fingerprint density at radius 2 is 2.21 bits per heavy atom. The van der Waals surface area contributed by atoms with E-state index < -0.39 is 11.7 Å². The number of hydrogen-bond donors (Lipinski definition) is 2. The van der Waals surface area contributed by atoms with Gasteiger partial charge in [0.15, 0.2) is 0 Å². The van der Waals surface area contributed by atoms with Crippen molar-refractivity contribution in [2.75, 3.05) is 40.4 Å². The predicted molar refractivity (Wildman–Crippen MR) is 69.8 cm³/mol. The molecule has 6 heteroatoms. The van der Waals surface area contributed by atoms with Gasteiger partial charge in [0, 0.05) is 32.8 Å². The first-order valence-electron chi connectivity index (χ1n) is 5.98. The Morgan fingerprint density at radius 1 is 1.47 bits per heavy atom. The summed E-state index contributed by atoms with van der Waals surface area (Å²) in [6.07, 6.45) is 0. The third-order valence-electron chi connectivity index (χ3n) is 2.66. The number of likely N-dealkylation sites (N-methyl/N-ethyl adjacent to an activating group) is 1. The number of nitrogens with zero attached hydrogens (tertiary/aromatic N) is 1. The van der Waals surface area contributed by atoms with Crippen molar-refractivity contribution < 1.29 is 19.0 Å². The smallest absolute Gasteiger partial charge is 0.255 e. The van der Waals surface area contributed by atoms with Crippen molar-refractivity contribution in [3.05, 3.63) is 29.6 Å². The molecule has 0 aliphatic rings. The maximum Gasteiger partial charge on any atom is 0.255 e. The summed E-state index contributed by atoms with van der Waals surface area (Å²) < 4.78 is 17.7. The zero-order valence-corrected chi connectivity index (χ0v) is 11.1. The normalized spacial score (nSPS) is 10.7. The van der Waals surface area contributed by atoms with E-state index in [-0.39, 0.29) is 11.3 Å². The summed E-state index contributed by atoms with van der Waals surface area (Å²) in [5.41, 5.74) is 0.0703. The van der Waals surface area contributed by atoms with Crippen LogP contribution in [-0.2, 0) is 4.74 Å². The predicted octanol–water partition coefficient (Wildman–Crippen LogP) is 0.839. The average molecular weight is 270 g/mol. The molecule has 1 rings (SSSR count). The lowest BCUT2D eigenvalue weighted by Crippen LogP contribution is -2.34. The molecule has 0 unspecified atom stereocenters. The SMILES string of the molecule is COCCN(C)CCNC(=O)c1ccc(F)cc1O. The lowest BCUT2D eigenvalue weighted by molar-refractivity contribution is 0.0945. The van der Waals surface area contributed by atoms with Crippen molar-refractivity contribution in [1.29, 1.82) is 0 Å². The number of carbonyl (C=O) groups is 1. The highest BCUT2D eigenvalue weighted by Gasteiger charge is 2.11. The molecule has 0 saturated heterocycles. The van der Waals surface area contributed by atoms with Crippen LogP contribution in [0.4, 0.5) is 4.39 Å². The lowest BCUT2D eigenvalue weighted by Gasteiger charge is -2.16. The van der Waals surface area contributed by atoms with Gasteiger partial charge in [-0.05, 0) is 19.2 Å². The van der Waals surface area contributed by atoms with E-state index >= 15 is 0 Å². The van der Waals surface area contributed by atoms with E-state index in [1.165, 1.54) is 6.07 Å². The Labute approximate surface area is 112 Å². The molecular formula is C13H19FN2O3. The molecular weight excluding hydrogens is 251 g/mol. The lowest BCUT2D eigenvalue weighted by atomic mass is 10.2. The number of rotatable bonds is 7. The molecule has 0 saturated carbocycles. The first-order valence-corrected chi connectivity index (χ1v) is 5.98. The number of ether oxygens (including phenoxy) is 1. The van der Waals surface area contributed by atoms with Gasteiger partial charge >= 0.3 is 0 Å². The highest BCUT2D eigenvalue weighted by atomic mass is 19.1. The topological polar surface area (TPSA) is 61.8 Å². The Bertz CT molecular complexity index is 426. The van der Waals surface area contributed by atoms with Crippen molar-refractivity contribution in [3.8, 4) is 5.75 Å². The third kappa shape index (κ3) is 5.23. The zero-order chi connectivity index (χ0) is 14.3. The van der Waals surface area contributed by atoms with Crippen LogP contribution < -0.4 is 5.32 Å². The van der Waals surface area contributed by atoms with Crippen LogP contribution in [0.2, 0.25) is 0 Å². The Kier molecular flexibility index (Phi) is 6.24. The van der Waals surface area contributed by atoms with Crippen LogP contribution in [0.15, 0.2) is 18.2 Å². The van der Waals surface area contributed by atoms with Gasteiger partial charge < -0.3 is 20.1 Å². The summed E-state index contributed by atoms with van der Waals surface area (Å²) in [4.78, 5) is 13.7. The highest BCUT2D eigenvalue weighted by molar-refractivity contribution is 5.96. The largest absolute Gasteiger partial charge is 0.507 e. The Hall–Kier alpha value is -1.66. The highest BCUT2D eigenvalue weighted by Crippen LogP contribution is 2.17. The van der Waals surface area contributed by atoms with Crippen molar-refractivity contribution in [2.24, 2.45) is 0 Å². The number of hydrogen-bond acceptors (Lipinski definition) is 4. The molecule has 0 aliphatic carbocycles. The number of aromatic hydroxyl groups is 1. The fourth-order valence-corrected chi connectivity index (χ4v) is 1.51. The monoisotopic (exact) mass is 270 g/mol. The second-order valence-corrected chi connectivity index (χ2v) is 4.21. The van der Waals surface area contributed by atoms with Gasteiger partial charge in [0.2, 0.25) is 0 Å². The first-order chi connectivity index (χ1) is 9.04. The molecule has 0 bridgehead atoms. The minimum absolute atomic E-state index is 0.0703. The number of carbonyl (C=O) groups excluding carboxylic acids is 1. The summed E-state index contributed by atoms with van der Waals surface area (Å²) in [6.45, 7) is 2.50. The summed E-state index contributed by atoms with van der Waals surface area (Å²) in [7, 11) is 3.55. The van der Waals surface area contributed by atoms with Gasteiger partial charge in [-0.1, -0.05) is 0 Å². The Balaban J connectivity index is 2.39. The van der Waals surface area contributed by atoms with Gasteiger partial charge in [0.05, 0.1) is 12.2 Å². The van der Waals surface area contributed by atoms with E-state index in [9.17, 15) is 14.3 Å². The minimum Gasteiger partial charge on any atom is -0.507 e. The number of benzene rings is 1. The number of nitrogens with one attached hydrogen (secondary N) is 1. The molecule has 1 aromatic carbocycles. The molecule has 0 aromatic heterocycles. The first kappa shape index (κ1) is 15.4. The zero-order valence-electron chi connectivity index (χ0n) is 11.1. The van der Waals surface area contributed by atoms with Crippen LogP contribution in [0.5, 0.6) is 5.75 Å². The molecule has 1 amide bonds. The van der Waals surface area contributed by atoms with Gasteiger partial charge in [-0.2, -0.15) is 0 Å². The van der Waals surface area contributed by atoms with E-state index in [1.54, 1.807) is 7.11 Å². The molecule has 19 heavy (non-hydrogen) atoms. The van der Waals surface area contributed by atoms with Crippen LogP contribution in [0, 0.1) is 5.82 Å². The molecule has 0 heterocycles. The standard InChI is InChI=1S/C13H19FN2O3/c1-16(7-8-19-2)6-5-15-13(18)11-4-3-10(14)9-12(11)17/h3-4,9,17H,5-8H2,1-2H3,(H,15,18). The minimum atomic E-state index is -0.576. The van der Waals surface area contributed by atoms with Crippen LogP contribution in [-0.4, -0.2) is 56.3 Å². The molecule has 0 spiro atoms. The van der Waals surface area contributed by atoms with Crippen LogP contribution >= 0.6 is 0 Å². The van der Waals surface area contributed by atoms with E-state index in [0.29, 0.717) is 19.7 Å². The molecule has 0 atom stereocenters. The van der Waals surface area contributed by atoms with Crippen molar-refractivity contribution >= 4 is 5.91 Å². The number of amides is 1. The number of phenolic OH excluding ortho intramolecular Hbond substituents is 1. The second-order valence-electron chi connectivity index (χ2n) is 4.21. The summed E-state index contributed by atoms with van der Waals surface area (Å²) in [6, 6.07) is 3.31. The van der Waals surface area contributed by atoms with E-state index in [4.69, 9.17) is 4.74 Å². The number of phenols is 1. The second kappa shape index (κ2) is 7.70. The molecule has 0 radical (unpaired) electrons. The average Bonchev–Trinajstić information content (AvgIpc) is 2.36. The van der Waals surface area contributed by atoms with E-state index in [0.717, 1.165) is 18.7 Å². The summed E-state index contributed by atoms with van der Waals surface area (Å²) in [5.74, 6) is -1.35. The van der Waals surface area contributed by atoms with Crippen molar-refractivity contribution in [2.45, 2.75) is 0 Å². The van der Waals surface area contributed by atoms with Crippen molar-refractivity contribution in [3.63, 3.8) is 0 Å². The number of halogens is 1. The van der Waals surface area contributed by atoms with E-state index in [1.807, 2.05) is 11.9 Å². The van der Waals surface area contributed by atoms with Gasteiger partial charge in [-0.15, -0.1) is 0 Å². The van der Waals surface area contributed by atoms with Crippen LogP contribution in [0.1, 0.15) is 10.4 Å². The molecule has 2 N–H and O–H groups in total. The molecule has 0 fully saturated rings. The van der Waals surface area contributed by atoms with Gasteiger partial charge in [0.25, 0.3) is 5.91 Å². The third-order valence-corrected chi connectivity index (χ3v) is 2.66. The van der Waals surface area contributed by atoms with Gasteiger partial charge in [0.1, 0.15) is 11.6 Å². The maximum atomic E-state index is 12.8. The van der Waals surface area contributed by atoms with Crippen molar-refractivity contribution in [1.82, 2.24) is 10.2 Å². The maximum absolute atomic E-state index is 12.8. The molecule has 106 valence electrons. The summed E-state index contributed by atoms with van der Waals surface area (Å²) >= 11 is 0. The fourth-order valence-electron chi connectivity index (χ4n) is 1.51. The number of methoxy groups -OCH3 is 1. The Morgan fingerprint density at radius 3 is 2.84 bits per heavy atom. The van der Waals surface area contributed by atoms with Gasteiger partial charge in [-0.25, -0.2) is 4.39 Å². The van der Waals surface area contributed by atoms with Gasteiger partial charge in [-0.3, -0.25) is 4.79 Å². The van der Waals surface area contributed by atoms with E-state index in [2.05, 4.69) is 5.32 Å². The molecule has 0 aliphatic heterocycles. The summed E-state index contributed by atoms with van der Waals surface area (Å²) in [5, 5.41) is 12.1. The fraction of sp³-hybridized carbons (Fsp3) is 0.462. The molecule has 1 aromatic rings.